The maximum Gasteiger partial charge on any atom is 0.175 e. The molecule has 5 nitrogen and oxygen atoms in total. The Hall–Kier alpha value is -2.57. The standard InChI is InChI=1S/C27H25BrClNO4/c1-33-23-13-16(12-18(28)27(23)34-14-15-5-2-6-17(29)11-15)24-25-19(7-3-9-21(25)31)30-20-8-4-10-22(32)26(20)24/h2,5-6,11-13,24,30H,3-4,7-10,14H2,1H3. The Morgan fingerprint density at radius 3 is 2.29 bits per heavy atom. The Morgan fingerprint density at radius 1 is 1.00 bits per heavy atom. The van der Waals surface area contributed by atoms with Crippen LogP contribution in [-0.4, -0.2) is 18.7 Å². The predicted molar refractivity (Wildman–Crippen MR) is 134 cm³/mol. The molecule has 7 heteroatoms. The molecular weight excluding hydrogens is 518 g/mol. The highest BCUT2D eigenvalue weighted by Crippen LogP contribution is 2.48. The number of halogens is 2. The summed E-state index contributed by atoms with van der Waals surface area (Å²) in [5, 5.41) is 4.10. The number of nitrogens with one attached hydrogen (secondary N) is 1. The van der Waals surface area contributed by atoms with E-state index in [9.17, 15) is 9.59 Å². The molecule has 2 aromatic rings. The molecule has 0 amide bonds. The van der Waals surface area contributed by atoms with Crippen LogP contribution in [0.4, 0.5) is 0 Å². The number of methoxy groups -OCH3 is 1. The first-order chi connectivity index (χ1) is 16.5. The van der Waals surface area contributed by atoms with Crippen LogP contribution in [-0.2, 0) is 16.2 Å². The maximum atomic E-state index is 13.1. The molecule has 176 valence electrons. The van der Waals surface area contributed by atoms with Crippen molar-refractivity contribution >= 4 is 39.1 Å². The van der Waals surface area contributed by atoms with Gasteiger partial charge in [-0.3, -0.25) is 9.59 Å². The zero-order valence-corrected chi connectivity index (χ0v) is 21.2. The van der Waals surface area contributed by atoms with Crippen molar-refractivity contribution in [1.29, 1.82) is 0 Å². The van der Waals surface area contributed by atoms with E-state index in [-0.39, 0.29) is 17.5 Å². The number of Topliss-reactive ketones (excluding diaryl/α,β-unsaturated/α-hetero) is 2. The van der Waals surface area contributed by atoms with E-state index in [4.69, 9.17) is 21.1 Å². The van der Waals surface area contributed by atoms with Gasteiger partial charge in [0.05, 0.1) is 11.6 Å². The van der Waals surface area contributed by atoms with Crippen molar-refractivity contribution in [1.82, 2.24) is 5.32 Å². The summed E-state index contributed by atoms with van der Waals surface area (Å²) in [5.74, 6) is 0.938. The lowest BCUT2D eigenvalue weighted by molar-refractivity contribution is -0.116. The number of hydrogen-bond acceptors (Lipinski definition) is 5. The van der Waals surface area contributed by atoms with E-state index < -0.39 is 0 Å². The van der Waals surface area contributed by atoms with Gasteiger partial charge in [0.15, 0.2) is 23.1 Å². The molecule has 0 aromatic heterocycles. The van der Waals surface area contributed by atoms with Crippen molar-refractivity contribution in [2.75, 3.05) is 7.11 Å². The maximum absolute atomic E-state index is 13.1. The highest BCUT2D eigenvalue weighted by atomic mass is 79.9. The van der Waals surface area contributed by atoms with Crippen LogP contribution >= 0.6 is 27.5 Å². The molecule has 34 heavy (non-hydrogen) atoms. The normalized spacial score (nSPS) is 18.4. The molecule has 1 aliphatic heterocycles. The molecule has 2 aliphatic carbocycles. The van der Waals surface area contributed by atoms with E-state index in [0.29, 0.717) is 40.4 Å². The molecule has 0 radical (unpaired) electrons. The monoisotopic (exact) mass is 541 g/mol. The fourth-order valence-corrected chi connectivity index (χ4v) is 5.93. The highest BCUT2D eigenvalue weighted by molar-refractivity contribution is 9.10. The SMILES string of the molecule is COc1cc(C2C3=C(CCCC3=O)NC3=C2C(=O)CCC3)cc(Br)c1OCc1cccc(Cl)c1. The summed E-state index contributed by atoms with van der Waals surface area (Å²) >= 11 is 9.75. The Bertz CT molecular complexity index is 1210. The van der Waals surface area contributed by atoms with Crippen molar-refractivity contribution in [2.45, 2.75) is 51.0 Å². The molecule has 1 heterocycles. The van der Waals surface area contributed by atoms with Gasteiger partial charge in [-0.15, -0.1) is 0 Å². The number of carbonyl (C=O) groups is 2. The number of dihydropyridines is 1. The lowest BCUT2D eigenvalue weighted by atomic mass is 9.71. The molecule has 0 saturated carbocycles. The average Bonchev–Trinajstić information content (AvgIpc) is 2.82. The van der Waals surface area contributed by atoms with Crippen LogP contribution in [0.3, 0.4) is 0 Å². The summed E-state index contributed by atoms with van der Waals surface area (Å²) in [5.41, 5.74) is 5.17. The first-order valence-corrected chi connectivity index (χ1v) is 12.7. The lowest BCUT2D eigenvalue weighted by Crippen LogP contribution is -2.36. The Morgan fingerprint density at radius 2 is 1.68 bits per heavy atom. The largest absolute Gasteiger partial charge is 0.493 e. The van der Waals surface area contributed by atoms with Crippen molar-refractivity contribution < 1.29 is 19.1 Å². The molecular formula is C27H25BrClNO4. The van der Waals surface area contributed by atoms with Gasteiger partial charge in [0.25, 0.3) is 0 Å². The topological polar surface area (TPSA) is 64.6 Å². The molecule has 2 aromatic carbocycles. The van der Waals surface area contributed by atoms with Crippen LogP contribution in [0.5, 0.6) is 11.5 Å². The van der Waals surface area contributed by atoms with Crippen LogP contribution in [0, 0.1) is 0 Å². The number of rotatable bonds is 5. The zero-order valence-electron chi connectivity index (χ0n) is 18.9. The van der Waals surface area contributed by atoms with Gasteiger partial charge in [0.2, 0.25) is 0 Å². The fraction of sp³-hybridized carbons (Fsp3) is 0.333. The van der Waals surface area contributed by atoms with E-state index in [1.165, 1.54) is 0 Å². The number of ether oxygens (including phenoxy) is 2. The third kappa shape index (κ3) is 4.29. The van der Waals surface area contributed by atoms with Crippen molar-refractivity contribution in [3.63, 3.8) is 0 Å². The number of hydrogen-bond donors (Lipinski definition) is 1. The minimum atomic E-state index is -0.390. The van der Waals surface area contributed by atoms with Crippen molar-refractivity contribution in [2.24, 2.45) is 0 Å². The summed E-state index contributed by atoms with van der Waals surface area (Å²) in [6.45, 7) is 0.323. The first-order valence-electron chi connectivity index (χ1n) is 11.5. The molecule has 0 atom stereocenters. The van der Waals surface area contributed by atoms with Crippen LogP contribution in [0.25, 0.3) is 0 Å². The average molecular weight is 543 g/mol. The Kier molecular flexibility index (Phi) is 6.54. The van der Waals surface area contributed by atoms with Gasteiger partial charge in [-0.1, -0.05) is 23.7 Å². The molecule has 0 unspecified atom stereocenters. The van der Waals surface area contributed by atoms with Gasteiger partial charge in [0.1, 0.15) is 6.61 Å². The summed E-state index contributed by atoms with van der Waals surface area (Å²) in [6, 6.07) is 11.3. The Labute approximate surface area is 212 Å². The third-order valence-corrected chi connectivity index (χ3v) is 7.47. The van der Waals surface area contributed by atoms with E-state index in [1.54, 1.807) is 7.11 Å². The van der Waals surface area contributed by atoms with E-state index in [2.05, 4.69) is 21.2 Å². The van der Waals surface area contributed by atoms with Crippen LogP contribution < -0.4 is 14.8 Å². The first kappa shape index (κ1) is 23.2. The third-order valence-electron chi connectivity index (χ3n) is 6.65. The second-order valence-electron chi connectivity index (χ2n) is 8.85. The smallest absolute Gasteiger partial charge is 0.175 e. The zero-order chi connectivity index (χ0) is 23.8. The van der Waals surface area contributed by atoms with Gasteiger partial charge in [-0.2, -0.15) is 0 Å². The molecule has 0 saturated heterocycles. The lowest BCUT2D eigenvalue weighted by Gasteiger charge is -2.37. The molecule has 1 N–H and O–H groups in total. The highest BCUT2D eigenvalue weighted by Gasteiger charge is 2.40. The summed E-state index contributed by atoms with van der Waals surface area (Å²) in [7, 11) is 1.59. The van der Waals surface area contributed by atoms with Crippen LogP contribution in [0.2, 0.25) is 5.02 Å². The fourth-order valence-electron chi connectivity index (χ4n) is 5.15. The summed E-state index contributed by atoms with van der Waals surface area (Å²) in [6.07, 6.45) is 4.32. The number of carbonyl (C=O) groups excluding carboxylic acids is 2. The van der Waals surface area contributed by atoms with Gasteiger partial charge in [-0.25, -0.2) is 0 Å². The van der Waals surface area contributed by atoms with Gasteiger partial charge < -0.3 is 14.8 Å². The van der Waals surface area contributed by atoms with Gasteiger partial charge >= 0.3 is 0 Å². The second-order valence-corrected chi connectivity index (χ2v) is 10.1. The molecule has 3 aliphatic rings. The molecule has 0 fully saturated rings. The number of benzene rings is 2. The number of allylic oxidation sites excluding steroid dienone is 4. The molecule has 5 rings (SSSR count). The van der Waals surface area contributed by atoms with Gasteiger partial charge in [-0.05, 0) is 77.0 Å². The minimum absolute atomic E-state index is 0.111. The van der Waals surface area contributed by atoms with Crippen LogP contribution in [0.1, 0.15) is 55.6 Å². The van der Waals surface area contributed by atoms with E-state index in [0.717, 1.165) is 59.4 Å². The van der Waals surface area contributed by atoms with Gasteiger partial charge in [0, 0.05) is 46.3 Å². The van der Waals surface area contributed by atoms with Crippen molar-refractivity contribution in [3.8, 4) is 11.5 Å². The summed E-state index contributed by atoms with van der Waals surface area (Å²) < 4.78 is 12.5. The summed E-state index contributed by atoms with van der Waals surface area (Å²) in [4.78, 5) is 26.2. The number of ketones is 2. The van der Waals surface area contributed by atoms with Crippen LogP contribution in [0.15, 0.2) is 63.4 Å². The van der Waals surface area contributed by atoms with E-state index in [1.807, 2.05) is 36.4 Å². The van der Waals surface area contributed by atoms with E-state index >= 15 is 0 Å². The second kappa shape index (κ2) is 9.59. The minimum Gasteiger partial charge on any atom is -0.493 e. The predicted octanol–water partition coefficient (Wildman–Crippen LogP) is 6.39. The molecule has 0 spiro atoms. The Balaban J connectivity index is 1.56. The van der Waals surface area contributed by atoms with Crippen molar-refractivity contribution in [3.05, 3.63) is 79.6 Å². The quantitative estimate of drug-likeness (QED) is 0.474. The molecule has 0 bridgehead atoms.